The molecule has 0 N–H and O–H groups in total. The first-order valence-electron chi connectivity index (χ1n) is 3.71. The van der Waals surface area contributed by atoms with Gasteiger partial charge >= 0.3 is 0 Å². The maximum atomic E-state index is 13.0. The number of rotatable bonds is 0. The first kappa shape index (κ1) is 5.84. The summed E-state index contributed by atoms with van der Waals surface area (Å²) >= 11 is 5.62. The molecular formula is C8H6ClFO. The molecule has 0 unspecified atom stereocenters. The molecule has 3 heteroatoms. The summed E-state index contributed by atoms with van der Waals surface area (Å²) in [4.78, 5) is 0. The molecule has 0 bridgehead atoms. The van der Waals surface area contributed by atoms with E-state index in [1.165, 1.54) is 0 Å². The van der Waals surface area contributed by atoms with Crippen molar-refractivity contribution in [1.82, 2.24) is 0 Å². The Morgan fingerprint density at radius 2 is 2.27 bits per heavy atom. The third kappa shape index (κ3) is 0.979. The van der Waals surface area contributed by atoms with Crippen molar-refractivity contribution in [1.29, 1.82) is 0 Å². The quantitative estimate of drug-likeness (QED) is 0.548. The van der Waals surface area contributed by atoms with E-state index in [9.17, 15) is 4.39 Å². The molecule has 0 spiro atoms. The molecule has 11 heavy (non-hydrogen) atoms. The van der Waals surface area contributed by atoms with E-state index in [1.807, 2.05) is 0 Å². The van der Waals surface area contributed by atoms with Gasteiger partial charge in [0.05, 0.1) is 1.37 Å². The highest BCUT2D eigenvalue weighted by Gasteiger charge is 2.31. The second-order valence-corrected chi connectivity index (χ2v) is 2.69. The van der Waals surface area contributed by atoms with Gasteiger partial charge < -0.3 is 4.74 Å². The van der Waals surface area contributed by atoms with E-state index in [2.05, 4.69) is 0 Å². The first-order valence-corrected chi connectivity index (χ1v) is 3.59. The lowest BCUT2D eigenvalue weighted by molar-refractivity contribution is 0.0869. The van der Waals surface area contributed by atoms with Crippen LogP contribution in [-0.4, -0.2) is 6.36 Å². The number of para-hydroxylation sites is 1. The van der Waals surface area contributed by atoms with Gasteiger partial charge in [0.2, 0.25) is 0 Å². The summed E-state index contributed by atoms with van der Waals surface area (Å²) in [6.07, 6.45) is -1.78. The molecule has 1 aliphatic heterocycles. The maximum Gasteiger partial charge on any atom is 0.258 e. The Hall–Kier alpha value is -0.760. The van der Waals surface area contributed by atoms with Gasteiger partial charge in [0.15, 0.2) is 0 Å². The lowest BCUT2D eigenvalue weighted by Crippen LogP contribution is -2.06. The largest absolute Gasteiger partial charge is 0.458 e. The summed E-state index contributed by atoms with van der Waals surface area (Å²) < 4.78 is 25.1. The Morgan fingerprint density at radius 3 is 3.00 bits per heavy atom. The van der Waals surface area contributed by atoms with Crippen LogP contribution in [0.25, 0.3) is 0 Å². The van der Waals surface area contributed by atoms with Gasteiger partial charge in [0.1, 0.15) is 11.1 Å². The van der Waals surface area contributed by atoms with E-state index >= 15 is 0 Å². The Labute approximate surface area is 70.1 Å². The van der Waals surface area contributed by atoms with Crippen molar-refractivity contribution in [3.05, 3.63) is 29.8 Å². The van der Waals surface area contributed by atoms with Gasteiger partial charge in [0, 0.05) is 5.56 Å². The van der Waals surface area contributed by atoms with Crippen LogP contribution >= 0.6 is 11.6 Å². The number of halogens is 2. The normalized spacial score (nSPS) is 35.8. The summed E-state index contributed by atoms with van der Waals surface area (Å²) in [6, 6.07) is 6.60. The molecule has 1 aromatic rings. The molecule has 2 atom stereocenters. The molecule has 1 aromatic carbocycles. The van der Waals surface area contributed by atoms with Crippen molar-refractivity contribution in [3.8, 4) is 5.75 Å². The number of ether oxygens (including phenoxy) is 1. The van der Waals surface area contributed by atoms with E-state index in [0.29, 0.717) is 11.3 Å². The Balaban J connectivity index is 2.55. The fourth-order valence-corrected chi connectivity index (χ4v) is 1.25. The molecule has 0 amide bonds. The van der Waals surface area contributed by atoms with E-state index < -0.39 is 11.7 Å². The molecule has 1 heterocycles. The van der Waals surface area contributed by atoms with Crippen LogP contribution in [0, 0.1) is 0 Å². The van der Waals surface area contributed by atoms with Gasteiger partial charge in [0.25, 0.3) is 6.36 Å². The third-order valence-corrected chi connectivity index (χ3v) is 1.95. The second kappa shape index (κ2) is 2.38. The molecular weight excluding hydrogens is 167 g/mol. The fourth-order valence-electron chi connectivity index (χ4n) is 1.05. The smallest absolute Gasteiger partial charge is 0.258 e. The first-order chi connectivity index (χ1) is 5.62. The summed E-state index contributed by atoms with van der Waals surface area (Å²) in [7, 11) is 0. The topological polar surface area (TPSA) is 9.23 Å². The predicted octanol–water partition coefficient (Wildman–Crippen LogP) is 2.65. The SMILES string of the molecule is [2H][C@]1(Cl)c2ccccc2O[C@H]1F. The molecule has 0 saturated heterocycles. The van der Waals surface area contributed by atoms with Crippen molar-refractivity contribution in [3.63, 3.8) is 0 Å². The van der Waals surface area contributed by atoms with Crippen LogP contribution < -0.4 is 4.74 Å². The highest BCUT2D eigenvalue weighted by molar-refractivity contribution is 6.21. The molecule has 0 aromatic heterocycles. The van der Waals surface area contributed by atoms with Crippen LogP contribution in [-0.2, 0) is 0 Å². The number of alkyl halides is 2. The number of hydrogen-bond donors (Lipinski definition) is 0. The van der Waals surface area contributed by atoms with Gasteiger partial charge in [-0.3, -0.25) is 0 Å². The van der Waals surface area contributed by atoms with Gasteiger partial charge in [-0.25, -0.2) is 0 Å². The third-order valence-electron chi connectivity index (χ3n) is 1.57. The van der Waals surface area contributed by atoms with E-state index in [1.54, 1.807) is 24.3 Å². The van der Waals surface area contributed by atoms with Crippen LogP contribution in [0.3, 0.4) is 0 Å². The Bertz CT molecular complexity index is 316. The highest BCUT2D eigenvalue weighted by Crippen LogP contribution is 2.40. The van der Waals surface area contributed by atoms with Crippen LogP contribution in [0.5, 0.6) is 5.75 Å². The summed E-state index contributed by atoms with van der Waals surface area (Å²) in [5.74, 6) is 0.356. The Morgan fingerprint density at radius 1 is 1.55 bits per heavy atom. The number of benzene rings is 1. The Kier molecular flexibility index (Phi) is 1.26. The number of hydrogen-bond acceptors (Lipinski definition) is 1. The molecule has 0 radical (unpaired) electrons. The van der Waals surface area contributed by atoms with Gasteiger partial charge in [-0.15, -0.1) is 11.6 Å². The molecule has 0 fully saturated rings. The second-order valence-electron chi connectivity index (χ2n) is 2.28. The van der Waals surface area contributed by atoms with Crippen molar-refractivity contribution < 1.29 is 10.5 Å². The molecule has 1 aliphatic rings. The lowest BCUT2D eigenvalue weighted by atomic mass is 10.2. The predicted molar refractivity (Wildman–Crippen MR) is 40.6 cm³/mol. The summed E-state index contributed by atoms with van der Waals surface area (Å²) in [5, 5.41) is -1.78. The van der Waals surface area contributed by atoms with Gasteiger partial charge in [-0.05, 0) is 6.07 Å². The van der Waals surface area contributed by atoms with Crippen molar-refractivity contribution in [2.75, 3.05) is 0 Å². The highest BCUT2D eigenvalue weighted by atomic mass is 35.5. The fraction of sp³-hybridized carbons (Fsp3) is 0.250. The van der Waals surface area contributed by atoms with Crippen LogP contribution in [0.1, 0.15) is 12.3 Å². The van der Waals surface area contributed by atoms with Gasteiger partial charge in [-0.1, -0.05) is 18.2 Å². The van der Waals surface area contributed by atoms with Crippen LogP contribution in [0.2, 0.25) is 0 Å². The molecule has 1 nitrogen and oxygen atoms in total. The molecule has 58 valence electrons. The van der Waals surface area contributed by atoms with Gasteiger partial charge in [-0.2, -0.15) is 4.39 Å². The monoisotopic (exact) mass is 173 g/mol. The average molecular weight is 174 g/mol. The minimum absolute atomic E-state index is 0.356. The van der Waals surface area contributed by atoms with E-state index in [4.69, 9.17) is 17.7 Å². The molecule has 2 rings (SSSR count). The zero-order valence-electron chi connectivity index (χ0n) is 6.55. The van der Waals surface area contributed by atoms with Crippen molar-refractivity contribution >= 4 is 11.6 Å². The molecule has 0 aliphatic carbocycles. The maximum absolute atomic E-state index is 13.0. The van der Waals surface area contributed by atoms with Crippen LogP contribution in [0.15, 0.2) is 24.3 Å². The minimum Gasteiger partial charge on any atom is -0.458 e. The summed E-state index contributed by atoms with van der Waals surface area (Å²) in [5.41, 5.74) is 0.388. The van der Waals surface area contributed by atoms with E-state index in [-0.39, 0.29) is 0 Å². The van der Waals surface area contributed by atoms with E-state index in [0.717, 1.165) is 0 Å². The average Bonchev–Trinajstić information content (AvgIpc) is 2.25. The molecule has 0 saturated carbocycles. The van der Waals surface area contributed by atoms with Crippen molar-refractivity contribution in [2.24, 2.45) is 0 Å². The lowest BCUT2D eigenvalue weighted by Gasteiger charge is -2.00. The van der Waals surface area contributed by atoms with Crippen molar-refractivity contribution in [2.45, 2.75) is 11.7 Å². The zero-order chi connectivity index (χ0) is 8.77. The summed E-state index contributed by atoms with van der Waals surface area (Å²) in [6.45, 7) is 0. The standard InChI is InChI=1S/C8H6ClFO/c9-7-5-3-1-2-4-6(5)11-8(7)10/h1-4,7-8H/t7-,8+/m0/s1/i7D. The minimum atomic E-state index is -1.78. The zero-order valence-corrected chi connectivity index (χ0v) is 6.31. The van der Waals surface area contributed by atoms with Crippen LogP contribution in [0.4, 0.5) is 4.39 Å². The number of fused-ring (bicyclic) bond motifs is 1.